The lowest BCUT2D eigenvalue weighted by Gasteiger charge is -2.27. The number of furan rings is 1. The maximum absolute atomic E-state index is 7.33. The van der Waals surface area contributed by atoms with E-state index in [1.807, 2.05) is 11.3 Å². The van der Waals surface area contributed by atoms with Crippen LogP contribution in [0, 0.1) is 0 Å². The van der Waals surface area contributed by atoms with Gasteiger partial charge < -0.3 is 14.3 Å². The van der Waals surface area contributed by atoms with Crippen molar-refractivity contribution in [3.05, 3.63) is 173 Å². The number of thiophene rings is 1. The van der Waals surface area contributed by atoms with Gasteiger partial charge in [-0.1, -0.05) is 167 Å². The van der Waals surface area contributed by atoms with Crippen molar-refractivity contribution in [2.75, 3.05) is 5.32 Å². The van der Waals surface area contributed by atoms with Gasteiger partial charge in [0, 0.05) is 48.6 Å². The molecular weight excluding hydrogens is 868 g/mol. The molecule has 1 aliphatic carbocycles. The second-order valence-corrected chi connectivity index (χ2v) is 25.0. The number of anilines is 2. The minimum Gasteiger partial charge on any atom is -0.455 e. The summed E-state index contributed by atoms with van der Waals surface area (Å²) in [6.45, 7) is 25.7. The van der Waals surface area contributed by atoms with Gasteiger partial charge in [0.25, 0.3) is 0 Å². The first-order valence-corrected chi connectivity index (χ1v) is 25.9. The number of aromatic nitrogens is 1. The second kappa shape index (κ2) is 14.6. The molecule has 8 aromatic carbocycles. The highest BCUT2D eigenvalue weighted by atomic mass is 32.1. The number of para-hydroxylation sites is 1. The molecule has 0 radical (unpaired) electrons. The number of rotatable bonds is 4. The minimum atomic E-state index is -0.236. The van der Waals surface area contributed by atoms with Gasteiger partial charge in [-0.3, -0.25) is 0 Å². The third-order valence-electron chi connectivity index (χ3n) is 15.9. The number of benzene rings is 8. The number of hydrogen-bond donors (Lipinski definition) is 1. The van der Waals surface area contributed by atoms with Gasteiger partial charge in [0.1, 0.15) is 11.2 Å². The summed E-state index contributed by atoms with van der Waals surface area (Å²) in [5.74, 6) is 0. The van der Waals surface area contributed by atoms with Crippen LogP contribution >= 0.6 is 11.3 Å². The molecule has 0 fully saturated rings. The maximum atomic E-state index is 7.33. The van der Waals surface area contributed by atoms with Crippen molar-refractivity contribution in [2.45, 2.75) is 97.8 Å². The Kier molecular flexibility index (Phi) is 9.03. The molecule has 13 rings (SSSR count). The van der Waals surface area contributed by atoms with Gasteiger partial charge >= 0.3 is 0 Å². The Labute approximate surface area is 416 Å². The summed E-state index contributed by atoms with van der Waals surface area (Å²) in [6, 6.07) is 55.2. The van der Waals surface area contributed by atoms with Crippen LogP contribution in [0.15, 0.2) is 150 Å². The number of hydrogen-bond acceptors (Lipinski definition) is 3. The highest BCUT2D eigenvalue weighted by Gasteiger charge is 2.40. The van der Waals surface area contributed by atoms with E-state index in [1.165, 1.54) is 114 Å². The van der Waals surface area contributed by atoms with Crippen LogP contribution in [0.3, 0.4) is 0 Å². The summed E-state index contributed by atoms with van der Waals surface area (Å²) in [6.07, 6.45) is 0. The number of fused-ring (bicyclic) bond motifs is 14. The predicted octanol–water partition coefficient (Wildman–Crippen LogP) is 16.9. The van der Waals surface area contributed by atoms with Crippen LogP contribution in [0.2, 0.25) is 0 Å². The summed E-state index contributed by atoms with van der Waals surface area (Å²) in [5, 5.41) is 10.2. The van der Waals surface area contributed by atoms with Gasteiger partial charge in [0.05, 0.1) is 22.1 Å². The van der Waals surface area contributed by atoms with Gasteiger partial charge in [-0.15, -0.1) is 11.3 Å². The molecule has 70 heavy (non-hydrogen) atoms. The number of nitrogens with zero attached hydrogens (tertiary/aromatic N) is 1. The van der Waals surface area contributed by atoms with Crippen LogP contribution in [0.25, 0.3) is 92.9 Å². The molecule has 0 spiro atoms. The third kappa shape index (κ3) is 6.33. The maximum Gasteiger partial charge on any atom is 0.211 e. The molecule has 0 saturated carbocycles. The van der Waals surface area contributed by atoms with Crippen LogP contribution in [0.4, 0.5) is 11.4 Å². The first-order valence-electron chi connectivity index (χ1n) is 25.1. The first-order chi connectivity index (χ1) is 33.3. The summed E-state index contributed by atoms with van der Waals surface area (Å²) in [5.41, 5.74) is 23.2. The van der Waals surface area contributed by atoms with E-state index >= 15 is 0 Å². The average molecular weight is 927 g/mol. The molecule has 0 bridgehead atoms. The van der Waals surface area contributed by atoms with E-state index in [9.17, 15) is 0 Å². The zero-order chi connectivity index (χ0) is 48.4. The first kappa shape index (κ1) is 43.2. The van der Waals surface area contributed by atoms with Gasteiger partial charge in [0.2, 0.25) is 7.28 Å². The van der Waals surface area contributed by atoms with Crippen molar-refractivity contribution in [3.63, 3.8) is 0 Å². The predicted molar refractivity (Wildman–Crippen MR) is 304 cm³/mol. The SMILES string of the molecule is CC(C)(C)c1ccc(Nc2cc3c(cc2-c2c4c5c(c6cc(C(C)(C)C)ccc6n5-c5c(sc6ccc(-c7ccccc7)cc56)B4)c4oc5ccccc5c24)C(C)(C)c2cc(C(C)(C)C)ccc2-3)cc1. The fourth-order valence-corrected chi connectivity index (χ4v) is 13.1. The third-order valence-corrected chi connectivity index (χ3v) is 17.0. The zero-order valence-corrected chi connectivity index (χ0v) is 43.1. The summed E-state index contributed by atoms with van der Waals surface area (Å²) in [7, 11) is 0.800. The molecule has 0 atom stereocenters. The van der Waals surface area contributed by atoms with E-state index in [2.05, 4.69) is 232 Å². The van der Waals surface area contributed by atoms with E-state index in [4.69, 9.17) is 4.42 Å². The molecule has 3 nitrogen and oxygen atoms in total. The lowest BCUT2D eigenvalue weighted by molar-refractivity contribution is 0.584. The molecular formula is C65H59BN2OS. The van der Waals surface area contributed by atoms with E-state index in [1.54, 1.807) is 0 Å². The fourth-order valence-electron chi connectivity index (χ4n) is 12.0. The second-order valence-electron chi connectivity index (χ2n) is 23.9. The lowest BCUT2D eigenvalue weighted by Crippen LogP contribution is -2.35. The van der Waals surface area contributed by atoms with Crippen LogP contribution in [0.1, 0.15) is 104 Å². The van der Waals surface area contributed by atoms with E-state index < -0.39 is 0 Å². The van der Waals surface area contributed by atoms with Crippen LogP contribution in [-0.2, 0) is 21.7 Å². The zero-order valence-electron chi connectivity index (χ0n) is 42.3. The van der Waals surface area contributed by atoms with E-state index in [-0.39, 0.29) is 21.7 Å². The Morgan fingerprint density at radius 2 is 1.23 bits per heavy atom. The molecule has 0 amide bonds. The normalized spacial score (nSPS) is 14.2. The Morgan fingerprint density at radius 1 is 0.557 bits per heavy atom. The smallest absolute Gasteiger partial charge is 0.211 e. The Morgan fingerprint density at radius 3 is 1.97 bits per heavy atom. The molecule has 5 heteroatoms. The number of nitrogens with one attached hydrogen (secondary N) is 1. The molecule has 3 aromatic heterocycles. The van der Waals surface area contributed by atoms with Crippen molar-refractivity contribution in [1.82, 2.24) is 4.57 Å². The summed E-state index contributed by atoms with van der Waals surface area (Å²) >= 11 is 1.95. The van der Waals surface area contributed by atoms with Crippen molar-refractivity contribution in [2.24, 2.45) is 0 Å². The summed E-state index contributed by atoms with van der Waals surface area (Å²) in [4.78, 5) is 0. The van der Waals surface area contributed by atoms with Gasteiger partial charge in [0.15, 0.2) is 0 Å². The van der Waals surface area contributed by atoms with Gasteiger partial charge in [-0.25, -0.2) is 0 Å². The lowest BCUT2D eigenvalue weighted by atomic mass is 9.62. The molecule has 11 aromatic rings. The van der Waals surface area contributed by atoms with Crippen LogP contribution < -0.4 is 15.6 Å². The monoisotopic (exact) mass is 926 g/mol. The molecule has 4 heterocycles. The van der Waals surface area contributed by atoms with Crippen molar-refractivity contribution >= 4 is 94.1 Å². The molecule has 344 valence electrons. The van der Waals surface area contributed by atoms with Crippen LogP contribution in [-0.4, -0.2) is 11.8 Å². The van der Waals surface area contributed by atoms with Crippen LogP contribution in [0.5, 0.6) is 0 Å². The molecule has 1 aliphatic heterocycles. The van der Waals surface area contributed by atoms with Gasteiger partial charge in [-0.2, -0.15) is 0 Å². The molecule has 2 aliphatic rings. The Hall–Kier alpha value is -6.82. The molecule has 0 saturated heterocycles. The Bertz CT molecular complexity index is 4010. The quantitative estimate of drug-likeness (QED) is 0.178. The molecule has 1 N–H and O–H groups in total. The summed E-state index contributed by atoms with van der Waals surface area (Å²) < 4.78 is 12.7. The Balaban J connectivity index is 1.17. The highest BCUT2D eigenvalue weighted by Crippen LogP contribution is 2.55. The van der Waals surface area contributed by atoms with E-state index in [0.29, 0.717) is 0 Å². The van der Waals surface area contributed by atoms with Crippen molar-refractivity contribution in [1.29, 1.82) is 0 Å². The van der Waals surface area contributed by atoms with E-state index in [0.717, 1.165) is 35.2 Å². The standard InChI is InChI=1S/C65H59BN2OS/c1-62(2,3)38-22-26-41(27-23-38)67-50-35-44-42-28-24-40(64(7,8)9)33-48(42)65(10,11)49(44)34-45(50)54-55-43-19-15-16-20-52(43)69-60(55)56-46-32-39(63(4,5)6)25-29-51(46)68-58-47-31-37(36-17-13-12-14-18-36)21-30-53(47)70-61(58)66-57(54)59(56)68/h12-35,66-67H,1-11H3. The largest absolute Gasteiger partial charge is 0.455 e. The fraction of sp³-hybridized carbons (Fsp3) is 0.231. The topological polar surface area (TPSA) is 30.1 Å². The average Bonchev–Trinajstić information content (AvgIpc) is 4.05. The van der Waals surface area contributed by atoms with Crippen molar-refractivity contribution < 1.29 is 4.42 Å². The minimum absolute atomic E-state index is 0.0314. The van der Waals surface area contributed by atoms with Crippen molar-refractivity contribution in [3.8, 4) is 39.1 Å². The highest BCUT2D eigenvalue weighted by molar-refractivity contribution is 7.29. The van der Waals surface area contributed by atoms with Gasteiger partial charge in [-0.05, 0) is 137 Å². The molecule has 0 unspecified atom stereocenters.